The number of rotatable bonds is 7. The lowest BCUT2D eigenvalue weighted by atomic mass is 10.0. The predicted octanol–water partition coefficient (Wildman–Crippen LogP) is 3.76. The summed E-state index contributed by atoms with van der Waals surface area (Å²) in [6.07, 6.45) is 0. The molecule has 1 aromatic heterocycles. The molecule has 2 amide bonds. The van der Waals surface area contributed by atoms with Crippen molar-refractivity contribution in [3.05, 3.63) is 64.8 Å². The van der Waals surface area contributed by atoms with Gasteiger partial charge >= 0.3 is 0 Å². The molecular weight excluding hydrogens is 422 g/mol. The molecule has 3 aromatic rings. The van der Waals surface area contributed by atoms with E-state index in [2.05, 4.69) is 15.8 Å². The maximum Gasteiger partial charge on any atom is 0.274 e. The first-order valence-corrected chi connectivity index (χ1v) is 10.8. The molecule has 1 aliphatic rings. The molecule has 1 aliphatic heterocycles. The van der Waals surface area contributed by atoms with E-state index in [0.717, 1.165) is 22.3 Å². The number of carbonyl (C=O) groups is 2. The molecule has 172 valence electrons. The number of fused-ring (bicyclic) bond motifs is 1. The minimum absolute atomic E-state index is 0.125. The Labute approximate surface area is 192 Å². The summed E-state index contributed by atoms with van der Waals surface area (Å²) in [7, 11) is 0. The van der Waals surface area contributed by atoms with E-state index in [9.17, 15) is 9.59 Å². The van der Waals surface area contributed by atoms with Crippen LogP contribution in [0.3, 0.4) is 0 Å². The third-order valence-electron chi connectivity index (χ3n) is 5.54. The van der Waals surface area contributed by atoms with Crippen molar-refractivity contribution >= 4 is 11.8 Å². The Hall–Kier alpha value is -3.81. The second-order valence-corrected chi connectivity index (χ2v) is 8.50. The first-order chi connectivity index (χ1) is 15.8. The van der Waals surface area contributed by atoms with Crippen molar-refractivity contribution in [1.29, 1.82) is 0 Å². The van der Waals surface area contributed by atoms with Crippen LogP contribution in [0.15, 0.2) is 47.0 Å². The molecule has 33 heavy (non-hydrogen) atoms. The van der Waals surface area contributed by atoms with Gasteiger partial charge in [0.2, 0.25) is 12.7 Å². The Kier molecular flexibility index (Phi) is 6.35. The molecule has 0 aliphatic carbocycles. The van der Waals surface area contributed by atoms with Gasteiger partial charge in [-0.15, -0.1) is 0 Å². The lowest BCUT2D eigenvalue weighted by Gasteiger charge is -2.21. The average Bonchev–Trinajstić information content (AvgIpc) is 3.46. The van der Waals surface area contributed by atoms with Gasteiger partial charge in [0.05, 0.1) is 0 Å². The molecule has 1 unspecified atom stereocenters. The van der Waals surface area contributed by atoms with Crippen LogP contribution < -0.4 is 20.1 Å². The number of ether oxygens (including phenoxy) is 2. The van der Waals surface area contributed by atoms with E-state index in [1.807, 2.05) is 64.1 Å². The summed E-state index contributed by atoms with van der Waals surface area (Å²) in [4.78, 5) is 25.7. The van der Waals surface area contributed by atoms with Gasteiger partial charge in [-0.2, -0.15) is 0 Å². The minimum Gasteiger partial charge on any atom is -0.454 e. The van der Waals surface area contributed by atoms with Gasteiger partial charge in [-0.25, -0.2) is 0 Å². The quantitative estimate of drug-likeness (QED) is 0.569. The fourth-order valence-electron chi connectivity index (χ4n) is 3.61. The number of benzene rings is 2. The van der Waals surface area contributed by atoms with E-state index < -0.39 is 11.9 Å². The molecule has 0 radical (unpaired) electrons. The zero-order valence-electron chi connectivity index (χ0n) is 19.1. The van der Waals surface area contributed by atoms with Crippen molar-refractivity contribution in [2.45, 2.75) is 40.3 Å². The summed E-state index contributed by atoms with van der Waals surface area (Å²) < 4.78 is 16.1. The van der Waals surface area contributed by atoms with Crippen molar-refractivity contribution in [2.75, 3.05) is 6.79 Å². The number of nitrogens with zero attached hydrogens (tertiary/aromatic N) is 1. The van der Waals surface area contributed by atoms with E-state index in [1.165, 1.54) is 0 Å². The van der Waals surface area contributed by atoms with Gasteiger partial charge in [0.15, 0.2) is 23.0 Å². The maximum absolute atomic E-state index is 12.8. The smallest absolute Gasteiger partial charge is 0.274 e. The molecule has 0 saturated carbocycles. The van der Waals surface area contributed by atoms with E-state index in [4.69, 9.17) is 14.0 Å². The fraction of sp³-hybridized carbons (Fsp3) is 0.320. The number of aryl methyl sites for hydroxylation is 2. The predicted molar refractivity (Wildman–Crippen MR) is 122 cm³/mol. The van der Waals surface area contributed by atoms with Gasteiger partial charge in [0.25, 0.3) is 5.91 Å². The van der Waals surface area contributed by atoms with Crippen molar-refractivity contribution in [3.8, 4) is 22.8 Å². The SMILES string of the molecule is Cc1ccc(C)c(-c2cc(C(=O)NC(C(=O)NCc3ccc4c(c3)OCO4)C(C)C)no2)c1. The summed E-state index contributed by atoms with van der Waals surface area (Å²) in [5.41, 5.74) is 3.98. The van der Waals surface area contributed by atoms with Crippen LogP contribution in [0.5, 0.6) is 11.5 Å². The molecule has 2 N–H and O–H groups in total. The fourth-order valence-corrected chi connectivity index (χ4v) is 3.61. The van der Waals surface area contributed by atoms with Crippen molar-refractivity contribution < 1.29 is 23.6 Å². The standard InChI is InChI=1S/C25H27N3O5/c1-14(2)23(25(30)26-12-17-7-8-20-22(10-17)32-13-31-20)27-24(29)19-11-21(33-28-19)18-9-15(3)5-6-16(18)4/h5-11,14,23H,12-13H2,1-4H3,(H,26,30)(H,27,29). The summed E-state index contributed by atoms with van der Waals surface area (Å²) in [5.74, 6) is 0.971. The monoisotopic (exact) mass is 449 g/mol. The largest absolute Gasteiger partial charge is 0.454 e. The minimum atomic E-state index is -0.729. The van der Waals surface area contributed by atoms with Crippen molar-refractivity contribution in [1.82, 2.24) is 15.8 Å². The van der Waals surface area contributed by atoms with Crippen LogP contribution in [-0.4, -0.2) is 29.8 Å². The molecule has 0 spiro atoms. The molecule has 8 nitrogen and oxygen atoms in total. The van der Waals surface area contributed by atoms with Crippen LogP contribution in [0.2, 0.25) is 0 Å². The first kappa shape index (κ1) is 22.4. The molecule has 2 aromatic carbocycles. The molecule has 0 fully saturated rings. The Morgan fingerprint density at radius 3 is 2.61 bits per heavy atom. The number of hydrogen-bond donors (Lipinski definition) is 2. The Morgan fingerprint density at radius 2 is 1.82 bits per heavy atom. The van der Waals surface area contributed by atoms with Gasteiger partial charge in [0, 0.05) is 18.2 Å². The zero-order valence-corrected chi connectivity index (χ0v) is 19.1. The highest BCUT2D eigenvalue weighted by molar-refractivity contribution is 5.96. The van der Waals surface area contributed by atoms with E-state index in [-0.39, 0.29) is 24.3 Å². The average molecular weight is 450 g/mol. The summed E-state index contributed by atoms with van der Waals surface area (Å²) in [5, 5.41) is 9.58. The molecular formula is C25H27N3O5. The van der Waals surface area contributed by atoms with Gasteiger partial charge in [-0.3, -0.25) is 9.59 Å². The highest BCUT2D eigenvalue weighted by atomic mass is 16.7. The normalized spacial score (nSPS) is 13.1. The summed E-state index contributed by atoms with van der Waals surface area (Å²) >= 11 is 0. The molecule has 1 atom stereocenters. The molecule has 8 heteroatoms. The summed E-state index contributed by atoms with van der Waals surface area (Å²) in [6.45, 7) is 8.19. The number of hydrogen-bond acceptors (Lipinski definition) is 6. The van der Waals surface area contributed by atoms with Crippen molar-refractivity contribution in [2.24, 2.45) is 5.92 Å². The first-order valence-electron chi connectivity index (χ1n) is 10.8. The van der Waals surface area contributed by atoms with E-state index >= 15 is 0 Å². The maximum atomic E-state index is 12.8. The topological polar surface area (TPSA) is 103 Å². The lowest BCUT2D eigenvalue weighted by Crippen LogP contribution is -2.49. The van der Waals surface area contributed by atoms with Crippen LogP contribution in [0.1, 0.15) is 41.0 Å². The number of aromatic nitrogens is 1. The molecule has 2 heterocycles. The van der Waals surface area contributed by atoms with Crippen LogP contribution in [0.25, 0.3) is 11.3 Å². The third kappa shape index (κ3) is 5.00. The highest BCUT2D eigenvalue weighted by Crippen LogP contribution is 2.32. The van der Waals surface area contributed by atoms with Gasteiger partial charge < -0.3 is 24.6 Å². The van der Waals surface area contributed by atoms with Crippen LogP contribution in [0.4, 0.5) is 0 Å². The molecule has 0 bridgehead atoms. The van der Waals surface area contributed by atoms with E-state index in [1.54, 1.807) is 6.07 Å². The second kappa shape index (κ2) is 9.36. The van der Waals surface area contributed by atoms with Crippen LogP contribution >= 0.6 is 0 Å². The zero-order chi connectivity index (χ0) is 23.5. The van der Waals surface area contributed by atoms with Crippen LogP contribution in [0, 0.1) is 19.8 Å². The summed E-state index contributed by atoms with van der Waals surface area (Å²) in [6, 6.07) is 12.4. The molecule has 4 rings (SSSR count). The Bertz CT molecular complexity index is 1180. The van der Waals surface area contributed by atoms with Crippen LogP contribution in [-0.2, 0) is 11.3 Å². The number of amides is 2. The molecule has 0 saturated heterocycles. The van der Waals surface area contributed by atoms with Gasteiger partial charge in [-0.05, 0) is 49.1 Å². The third-order valence-corrected chi connectivity index (χ3v) is 5.54. The highest BCUT2D eigenvalue weighted by Gasteiger charge is 2.26. The second-order valence-electron chi connectivity index (χ2n) is 8.50. The van der Waals surface area contributed by atoms with Gasteiger partial charge in [0.1, 0.15) is 6.04 Å². The Balaban J connectivity index is 1.41. The lowest BCUT2D eigenvalue weighted by molar-refractivity contribution is -0.124. The number of nitrogens with one attached hydrogen (secondary N) is 2. The van der Waals surface area contributed by atoms with E-state index in [0.29, 0.717) is 23.8 Å². The number of carbonyl (C=O) groups excluding carboxylic acids is 2. The van der Waals surface area contributed by atoms with Gasteiger partial charge in [-0.1, -0.05) is 42.8 Å². The van der Waals surface area contributed by atoms with Crippen molar-refractivity contribution in [3.63, 3.8) is 0 Å². The Morgan fingerprint density at radius 1 is 1.03 bits per heavy atom.